The van der Waals surface area contributed by atoms with Gasteiger partial charge in [0.05, 0.1) is 17.0 Å². The molecule has 0 fully saturated rings. The molecule has 2 atom stereocenters. The van der Waals surface area contributed by atoms with Crippen molar-refractivity contribution in [2.45, 2.75) is 38.0 Å². The van der Waals surface area contributed by atoms with Gasteiger partial charge in [-0.1, -0.05) is 13.0 Å². The van der Waals surface area contributed by atoms with Gasteiger partial charge in [0.1, 0.15) is 0 Å². The Morgan fingerprint density at radius 3 is 2.04 bits per heavy atom. The molecule has 3 N–H and O–H groups in total. The van der Waals surface area contributed by atoms with Crippen LogP contribution in [-0.2, 0) is 17.1 Å². The molecule has 1 aromatic carbocycles. The Bertz CT molecular complexity index is 582. The summed E-state index contributed by atoms with van der Waals surface area (Å²) in [6, 6.07) is 1.80. The predicted molar refractivity (Wildman–Crippen MR) is 74.3 cm³/mol. The normalized spacial score (nSPS) is 15.2. The lowest BCUT2D eigenvalue weighted by molar-refractivity contribution is -0.162. The average Bonchev–Trinajstić information content (AvgIpc) is 2.45. The van der Waals surface area contributed by atoms with Gasteiger partial charge >= 0.3 is 18.3 Å². The van der Waals surface area contributed by atoms with E-state index in [9.17, 15) is 31.1 Å². The highest BCUT2D eigenvalue weighted by Crippen LogP contribution is 2.42. The third-order valence-corrected chi connectivity index (χ3v) is 3.82. The highest BCUT2D eigenvalue weighted by atomic mass is 19.4. The van der Waals surface area contributed by atoms with Crippen molar-refractivity contribution in [3.8, 4) is 0 Å². The Hall–Kier alpha value is -1.77. The maximum absolute atomic E-state index is 13.0. The molecule has 0 heterocycles. The van der Waals surface area contributed by atoms with Gasteiger partial charge in [0, 0.05) is 6.54 Å². The molecule has 136 valence electrons. The molecule has 2 unspecified atom stereocenters. The molecule has 0 aliphatic heterocycles. The fraction of sp³-hybridized carbons (Fsp3) is 0.533. The maximum atomic E-state index is 13.0. The molecule has 1 aromatic rings. The summed E-state index contributed by atoms with van der Waals surface area (Å²) in [5.74, 6) is -2.82. The van der Waals surface area contributed by atoms with Crippen molar-refractivity contribution in [1.29, 1.82) is 0 Å². The van der Waals surface area contributed by atoms with Gasteiger partial charge in [-0.2, -0.15) is 26.3 Å². The van der Waals surface area contributed by atoms with Crippen LogP contribution in [0, 0.1) is 5.92 Å². The number of alkyl halides is 6. The predicted octanol–water partition coefficient (Wildman–Crippen LogP) is 4.27. The Balaban J connectivity index is 3.31. The molecule has 0 aliphatic rings. The molecule has 0 radical (unpaired) electrons. The highest BCUT2D eigenvalue weighted by molar-refractivity contribution is 5.70. The number of carbonyl (C=O) groups is 1. The second kappa shape index (κ2) is 7.42. The van der Waals surface area contributed by atoms with E-state index >= 15 is 0 Å². The summed E-state index contributed by atoms with van der Waals surface area (Å²) < 4.78 is 77.2. The molecular formula is C15H17F6NO2. The van der Waals surface area contributed by atoms with Crippen molar-refractivity contribution in [2.24, 2.45) is 11.7 Å². The van der Waals surface area contributed by atoms with E-state index in [1.807, 2.05) is 0 Å². The molecule has 9 heteroatoms. The fourth-order valence-corrected chi connectivity index (χ4v) is 2.48. The largest absolute Gasteiger partial charge is 0.481 e. The van der Waals surface area contributed by atoms with Gasteiger partial charge in [-0.15, -0.1) is 0 Å². The van der Waals surface area contributed by atoms with Crippen LogP contribution >= 0.6 is 0 Å². The lowest BCUT2D eigenvalue weighted by atomic mass is 9.85. The number of halogens is 6. The van der Waals surface area contributed by atoms with Crippen LogP contribution in [-0.4, -0.2) is 17.6 Å². The number of benzene rings is 1. The standard InChI is InChI=1S/C15H17F6NO2/c1-2-8(5-10(7-22)13(23)24)9-3-4-11(14(16,17)18)12(6-9)15(19,20)21/h3-4,6,8,10H,2,5,7,22H2,1H3,(H,23,24). The lowest BCUT2D eigenvalue weighted by Crippen LogP contribution is -2.25. The van der Waals surface area contributed by atoms with Gasteiger partial charge in [-0.3, -0.25) is 4.79 Å². The Kier molecular flexibility index (Phi) is 6.26. The van der Waals surface area contributed by atoms with Crippen LogP contribution in [0.15, 0.2) is 18.2 Å². The Morgan fingerprint density at radius 1 is 1.12 bits per heavy atom. The van der Waals surface area contributed by atoms with Gasteiger partial charge in [0.15, 0.2) is 0 Å². The minimum atomic E-state index is -5.17. The first-order chi connectivity index (χ1) is 10.9. The number of carboxylic acid groups (broad SMARTS) is 1. The van der Waals surface area contributed by atoms with Crippen LogP contribution in [0.25, 0.3) is 0 Å². The molecule has 0 aliphatic carbocycles. The van der Waals surface area contributed by atoms with Crippen LogP contribution in [0.5, 0.6) is 0 Å². The number of nitrogens with two attached hydrogens (primary N) is 1. The van der Waals surface area contributed by atoms with Crippen molar-refractivity contribution < 1.29 is 36.2 Å². The lowest BCUT2D eigenvalue weighted by Gasteiger charge is -2.22. The summed E-state index contributed by atoms with van der Waals surface area (Å²) in [6.45, 7) is 1.41. The molecule has 0 spiro atoms. The fourth-order valence-electron chi connectivity index (χ4n) is 2.48. The van der Waals surface area contributed by atoms with Crippen LogP contribution in [0.1, 0.15) is 42.4 Å². The summed E-state index contributed by atoms with van der Waals surface area (Å²) in [5.41, 5.74) is 1.80. The average molecular weight is 357 g/mol. The third-order valence-electron chi connectivity index (χ3n) is 3.82. The molecule has 24 heavy (non-hydrogen) atoms. The Labute approximate surface area is 134 Å². The smallest absolute Gasteiger partial charge is 0.417 e. The second-order valence-corrected chi connectivity index (χ2v) is 5.41. The maximum Gasteiger partial charge on any atom is 0.417 e. The zero-order chi connectivity index (χ0) is 18.7. The zero-order valence-corrected chi connectivity index (χ0v) is 12.7. The van der Waals surface area contributed by atoms with E-state index in [0.29, 0.717) is 12.1 Å². The summed E-state index contributed by atoms with van der Waals surface area (Å²) in [6.07, 6.45) is -10.1. The van der Waals surface area contributed by atoms with Gasteiger partial charge < -0.3 is 10.8 Å². The van der Waals surface area contributed by atoms with Crippen molar-refractivity contribution in [1.82, 2.24) is 0 Å². The summed E-state index contributed by atoms with van der Waals surface area (Å²) in [5, 5.41) is 8.99. The van der Waals surface area contributed by atoms with Crippen LogP contribution in [0.2, 0.25) is 0 Å². The first kappa shape index (κ1) is 20.3. The van der Waals surface area contributed by atoms with Crippen molar-refractivity contribution in [3.05, 3.63) is 34.9 Å². The quantitative estimate of drug-likeness (QED) is 0.748. The van der Waals surface area contributed by atoms with Crippen molar-refractivity contribution in [3.63, 3.8) is 0 Å². The van der Waals surface area contributed by atoms with Crippen molar-refractivity contribution >= 4 is 5.97 Å². The van der Waals surface area contributed by atoms with Gasteiger partial charge in [0.25, 0.3) is 0 Å². The van der Waals surface area contributed by atoms with Gasteiger partial charge in [-0.05, 0) is 36.5 Å². The van der Waals surface area contributed by atoms with E-state index in [2.05, 4.69) is 0 Å². The summed E-state index contributed by atoms with van der Waals surface area (Å²) in [7, 11) is 0. The first-order valence-corrected chi connectivity index (χ1v) is 7.13. The van der Waals surface area contributed by atoms with E-state index in [0.717, 1.165) is 6.07 Å². The van der Waals surface area contributed by atoms with Gasteiger partial charge in [0.2, 0.25) is 0 Å². The summed E-state index contributed by atoms with van der Waals surface area (Å²) >= 11 is 0. The molecular weight excluding hydrogens is 340 g/mol. The molecule has 0 bridgehead atoms. The topological polar surface area (TPSA) is 63.3 Å². The zero-order valence-electron chi connectivity index (χ0n) is 12.7. The van der Waals surface area contributed by atoms with E-state index in [4.69, 9.17) is 10.8 Å². The Morgan fingerprint density at radius 2 is 1.67 bits per heavy atom. The molecule has 0 aromatic heterocycles. The molecule has 0 amide bonds. The molecule has 0 saturated heterocycles. The number of carboxylic acids is 1. The van der Waals surface area contributed by atoms with E-state index in [1.54, 1.807) is 6.92 Å². The number of hydrogen-bond donors (Lipinski definition) is 2. The van der Waals surface area contributed by atoms with E-state index in [1.165, 1.54) is 0 Å². The minimum Gasteiger partial charge on any atom is -0.481 e. The number of rotatable bonds is 6. The number of aliphatic carboxylic acids is 1. The highest BCUT2D eigenvalue weighted by Gasteiger charge is 2.43. The van der Waals surface area contributed by atoms with Crippen LogP contribution < -0.4 is 5.73 Å². The molecule has 1 rings (SSSR count). The SMILES string of the molecule is CCC(CC(CN)C(=O)O)c1ccc(C(F)(F)F)c(C(F)(F)F)c1. The van der Waals surface area contributed by atoms with Gasteiger partial charge in [-0.25, -0.2) is 0 Å². The minimum absolute atomic E-state index is 0.0116. The third kappa shape index (κ3) is 4.86. The van der Waals surface area contributed by atoms with Crippen LogP contribution in [0.4, 0.5) is 26.3 Å². The molecule has 3 nitrogen and oxygen atoms in total. The monoisotopic (exact) mass is 357 g/mol. The second-order valence-electron chi connectivity index (χ2n) is 5.41. The van der Waals surface area contributed by atoms with E-state index in [-0.39, 0.29) is 24.9 Å². The first-order valence-electron chi connectivity index (χ1n) is 7.13. The number of hydrogen-bond acceptors (Lipinski definition) is 2. The van der Waals surface area contributed by atoms with E-state index < -0.39 is 41.3 Å². The van der Waals surface area contributed by atoms with Crippen molar-refractivity contribution in [2.75, 3.05) is 6.54 Å². The van der Waals surface area contributed by atoms with Crippen LogP contribution in [0.3, 0.4) is 0 Å². The molecule has 0 saturated carbocycles. The summed E-state index contributed by atoms with van der Waals surface area (Å²) in [4.78, 5) is 11.0.